The molecule has 1 fully saturated rings. The summed E-state index contributed by atoms with van der Waals surface area (Å²) < 4.78 is -0.189. The van der Waals surface area contributed by atoms with Crippen LogP contribution in [-0.2, 0) is 0 Å². The van der Waals surface area contributed by atoms with Gasteiger partial charge in [0.05, 0.1) is 4.75 Å². The molecule has 2 rings (SSSR count). The molecule has 3 heteroatoms. The predicted octanol–water partition coefficient (Wildman–Crippen LogP) is 4.60. The van der Waals surface area contributed by atoms with Gasteiger partial charge in [0.2, 0.25) is 0 Å². The standard InChI is InChI=1S/C14H19IOS/c1-14(2,17(15)10-6-7-11-17)13(16)12-8-4-3-5-9-12/h3-5,8-9H,6-7,10-11H2,1-2H3. The van der Waals surface area contributed by atoms with Gasteiger partial charge in [-0.25, -0.2) is 0 Å². The van der Waals surface area contributed by atoms with E-state index in [2.05, 4.69) is 35.1 Å². The molecule has 0 saturated carbocycles. The summed E-state index contributed by atoms with van der Waals surface area (Å²) in [6, 6.07) is 9.75. The van der Waals surface area contributed by atoms with Crippen molar-refractivity contribution in [1.29, 1.82) is 0 Å². The Labute approximate surface area is 117 Å². The van der Waals surface area contributed by atoms with Crippen molar-refractivity contribution in [2.45, 2.75) is 31.4 Å². The normalized spacial score (nSPS) is 21.1. The van der Waals surface area contributed by atoms with Gasteiger partial charge in [0.15, 0.2) is 5.78 Å². The Bertz CT molecular complexity index is 407. The fraction of sp³-hybridized carbons (Fsp3) is 0.500. The van der Waals surface area contributed by atoms with Gasteiger partial charge < -0.3 is 0 Å². The fourth-order valence-corrected chi connectivity index (χ4v) is 7.84. The summed E-state index contributed by atoms with van der Waals surface area (Å²) in [5.41, 5.74) is 0.868. The molecule has 1 aromatic carbocycles. The fourth-order valence-electron chi connectivity index (χ4n) is 2.38. The summed E-state index contributed by atoms with van der Waals surface area (Å²) in [7, 11) is -0.809. The molecule has 0 radical (unpaired) electrons. The van der Waals surface area contributed by atoms with Crippen LogP contribution in [-0.4, -0.2) is 22.0 Å². The minimum absolute atomic E-state index is 0.189. The van der Waals surface area contributed by atoms with E-state index in [0.717, 1.165) is 5.56 Å². The molecule has 1 aromatic rings. The van der Waals surface area contributed by atoms with E-state index in [1.807, 2.05) is 30.3 Å². The third-order valence-electron chi connectivity index (χ3n) is 3.68. The monoisotopic (exact) mass is 362 g/mol. The maximum Gasteiger partial charge on any atom is 0.177 e. The number of carbonyl (C=O) groups excluding carboxylic acids is 1. The molecular formula is C14H19IOS. The molecule has 0 amide bonds. The topological polar surface area (TPSA) is 17.1 Å². The minimum atomic E-state index is -0.809. The Hall–Kier alpha value is -0.0300. The summed E-state index contributed by atoms with van der Waals surface area (Å²) in [6.45, 7) is 4.30. The lowest BCUT2D eigenvalue weighted by molar-refractivity contribution is 0.0957. The molecule has 0 unspecified atom stereocenters. The number of Topliss-reactive ketones (excluding diaryl/α,β-unsaturated/α-hetero) is 1. The molecule has 0 aliphatic carbocycles. The zero-order valence-electron chi connectivity index (χ0n) is 10.4. The first-order valence-electron chi connectivity index (χ1n) is 6.05. The molecule has 17 heavy (non-hydrogen) atoms. The number of benzene rings is 1. The first-order chi connectivity index (χ1) is 7.97. The Morgan fingerprint density at radius 2 is 1.71 bits per heavy atom. The van der Waals surface area contributed by atoms with Crippen LogP contribution in [0.25, 0.3) is 0 Å². The average Bonchev–Trinajstić information content (AvgIpc) is 2.78. The maximum absolute atomic E-state index is 12.7. The van der Waals surface area contributed by atoms with E-state index in [9.17, 15) is 4.79 Å². The second-order valence-electron chi connectivity index (χ2n) is 5.11. The van der Waals surface area contributed by atoms with Gasteiger partial charge in [0.25, 0.3) is 0 Å². The van der Waals surface area contributed by atoms with Crippen LogP contribution in [0.2, 0.25) is 0 Å². The number of rotatable bonds is 3. The first kappa shape index (κ1) is 13.4. The van der Waals surface area contributed by atoms with Crippen LogP contribution < -0.4 is 0 Å². The second-order valence-corrected chi connectivity index (χ2v) is 13.6. The smallest absolute Gasteiger partial charge is 0.177 e. The van der Waals surface area contributed by atoms with Gasteiger partial charge in [-0.2, -0.15) is 7.20 Å². The molecular weight excluding hydrogens is 343 g/mol. The SMILES string of the molecule is CC(C)(C(=O)c1ccccc1)S1(I)CCCC1. The van der Waals surface area contributed by atoms with Crippen LogP contribution in [0.15, 0.2) is 30.3 Å². The van der Waals surface area contributed by atoms with Gasteiger partial charge in [-0.05, 0) is 59.4 Å². The Morgan fingerprint density at radius 1 is 1.18 bits per heavy atom. The number of hydrogen-bond acceptors (Lipinski definition) is 1. The van der Waals surface area contributed by atoms with Gasteiger partial charge in [-0.3, -0.25) is 4.79 Å². The van der Waals surface area contributed by atoms with Crippen LogP contribution in [0.3, 0.4) is 0 Å². The predicted molar refractivity (Wildman–Crippen MR) is 85.4 cm³/mol. The van der Waals surface area contributed by atoms with Crippen molar-refractivity contribution in [2.24, 2.45) is 0 Å². The van der Waals surface area contributed by atoms with E-state index in [4.69, 9.17) is 0 Å². The average molecular weight is 362 g/mol. The summed E-state index contributed by atoms with van der Waals surface area (Å²) in [5.74, 6) is 2.82. The van der Waals surface area contributed by atoms with E-state index in [1.54, 1.807) is 0 Å². The molecule has 0 aromatic heterocycles. The van der Waals surface area contributed by atoms with E-state index in [-0.39, 0.29) is 4.75 Å². The molecule has 0 spiro atoms. The highest BCUT2D eigenvalue weighted by Crippen LogP contribution is 2.70. The largest absolute Gasteiger partial charge is 0.293 e. The molecule has 1 saturated heterocycles. The van der Waals surface area contributed by atoms with Crippen molar-refractivity contribution in [3.8, 4) is 0 Å². The Balaban J connectivity index is 2.29. The number of ketones is 1. The molecule has 1 heterocycles. The quantitative estimate of drug-likeness (QED) is 0.568. The highest BCUT2D eigenvalue weighted by molar-refractivity contribution is 14.2. The molecule has 0 bridgehead atoms. The lowest BCUT2D eigenvalue weighted by Crippen LogP contribution is -2.36. The van der Waals surface area contributed by atoms with Crippen molar-refractivity contribution in [3.63, 3.8) is 0 Å². The Kier molecular flexibility index (Phi) is 3.88. The number of carbonyl (C=O) groups is 1. The van der Waals surface area contributed by atoms with Crippen LogP contribution in [0.1, 0.15) is 37.0 Å². The third kappa shape index (κ3) is 2.41. The van der Waals surface area contributed by atoms with E-state index in [1.165, 1.54) is 24.3 Å². The molecule has 0 atom stereocenters. The molecule has 1 aliphatic heterocycles. The summed E-state index contributed by atoms with van der Waals surface area (Å²) in [5, 5.41) is 0. The molecule has 0 N–H and O–H groups in total. The van der Waals surface area contributed by atoms with Gasteiger partial charge in [-0.1, -0.05) is 30.3 Å². The lowest BCUT2D eigenvalue weighted by atomic mass is 10.0. The highest BCUT2D eigenvalue weighted by Gasteiger charge is 2.45. The summed E-state index contributed by atoms with van der Waals surface area (Å²) in [6.07, 6.45) is 2.59. The van der Waals surface area contributed by atoms with Gasteiger partial charge in [-0.15, -0.1) is 0 Å². The van der Waals surface area contributed by atoms with Gasteiger partial charge in [0.1, 0.15) is 0 Å². The summed E-state index contributed by atoms with van der Waals surface area (Å²) in [4.78, 5) is 12.7. The van der Waals surface area contributed by atoms with E-state index < -0.39 is 7.20 Å². The molecule has 94 valence electrons. The van der Waals surface area contributed by atoms with Crippen molar-refractivity contribution < 1.29 is 4.79 Å². The summed E-state index contributed by atoms with van der Waals surface area (Å²) >= 11 is 2.61. The minimum Gasteiger partial charge on any atom is -0.293 e. The highest BCUT2D eigenvalue weighted by atomic mass is 127. The lowest BCUT2D eigenvalue weighted by Gasteiger charge is -2.43. The van der Waals surface area contributed by atoms with Crippen molar-refractivity contribution in [1.82, 2.24) is 0 Å². The van der Waals surface area contributed by atoms with Crippen molar-refractivity contribution >= 4 is 34.2 Å². The van der Waals surface area contributed by atoms with E-state index in [0.29, 0.717) is 5.78 Å². The Morgan fingerprint density at radius 3 is 2.24 bits per heavy atom. The van der Waals surface area contributed by atoms with Gasteiger partial charge >= 0.3 is 0 Å². The van der Waals surface area contributed by atoms with Gasteiger partial charge in [0, 0.05) is 5.56 Å². The molecule has 1 nitrogen and oxygen atoms in total. The maximum atomic E-state index is 12.7. The van der Waals surface area contributed by atoms with Crippen LogP contribution in [0.5, 0.6) is 0 Å². The van der Waals surface area contributed by atoms with Crippen molar-refractivity contribution in [3.05, 3.63) is 35.9 Å². The van der Waals surface area contributed by atoms with E-state index >= 15 is 0 Å². The first-order valence-corrected chi connectivity index (χ1v) is 10.6. The van der Waals surface area contributed by atoms with Crippen molar-refractivity contribution in [2.75, 3.05) is 11.5 Å². The number of halogens is 1. The van der Waals surface area contributed by atoms with Crippen LogP contribution in [0.4, 0.5) is 0 Å². The zero-order valence-corrected chi connectivity index (χ0v) is 13.4. The zero-order chi connectivity index (χ0) is 12.5. The third-order valence-corrected chi connectivity index (χ3v) is 13.5. The van der Waals surface area contributed by atoms with Crippen LogP contribution >= 0.6 is 28.4 Å². The van der Waals surface area contributed by atoms with Crippen LogP contribution in [0, 0.1) is 0 Å². The second kappa shape index (κ2) is 4.92. The number of hydrogen-bond donors (Lipinski definition) is 0. The molecule has 1 aliphatic rings.